The summed E-state index contributed by atoms with van der Waals surface area (Å²) in [7, 11) is -4.27. The van der Waals surface area contributed by atoms with Gasteiger partial charge in [0, 0.05) is 27.2 Å². The molecular formula is C18H26N4O5S2. The lowest BCUT2D eigenvalue weighted by molar-refractivity contribution is 0.0730. The maximum Gasteiger partial charge on any atom is 0.246 e. The van der Waals surface area contributed by atoms with Gasteiger partial charge in [0.25, 0.3) is 0 Å². The Bertz CT molecular complexity index is 1100. The molecule has 0 unspecified atom stereocenters. The van der Waals surface area contributed by atoms with Crippen LogP contribution >= 0.6 is 0 Å². The van der Waals surface area contributed by atoms with E-state index in [0.717, 1.165) is 4.31 Å². The first-order chi connectivity index (χ1) is 13.5. The molecule has 0 atom stereocenters. The highest BCUT2D eigenvalue weighted by atomic mass is 32.2. The minimum atomic E-state index is -3.67. The summed E-state index contributed by atoms with van der Waals surface area (Å²) < 4.78 is 60.4. The number of nitrogens with zero attached hydrogens (tertiary/aromatic N) is 4. The molecule has 0 bridgehead atoms. The number of benzene rings is 1. The molecule has 0 aliphatic carbocycles. The van der Waals surface area contributed by atoms with Gasteiger partial charge in [-0.15, -0.1) is 0 Å². The van der Waals surface area contributed by atoms with Crippen molar-refractivity contribution in [1.29, 1.82) is 0 Å². The molecule has 1 aromatic heterocycles. The summed E-state index contributed by atoms with van der Waals surface area (Å²) in [6, 6.07) is 6.58. The van der Waals surface area contributed by atoms with Crippen molar-refractivity contribution in [2.45, 2.75) is 30.2 Å². The fraction of sp³-hybridized carbons (Fsp3) is 0.500. The van der Waals surface area contributed by atoms with Crippen molar-refractivity contribution in [2.24, 2.45) is 0 Å². The predicted molar refractivity (Wildman–Crippen MR) is 108 cm³/mol. The molecule has 29 heavy (non-hydrogen) atoms. The molecule has 11 heteroatoms. The summed E-state index contributed by atoms with van der Waals surface area (Å²) >= 11 is 0. The van der Waals surface area contributed by atoms with Crippen LogP contribution in [-0.2, 0) is 31.3 Å². The SMILES string of the molecule is Cc1nn(Cc2cccc(S(=O)(=O)N(C)C)c2)c(C)c1S(=O)(=O)N1CCOCC1. The molecular weight excluding hydrogens is 416 g/mol. The fourth-order valence-electron chi connectivity index (χ4n) is 3.31. The normalized spacial score (nSPS) is 16.4. The second-order valence-corrected chi connectivity index (χ2v) is 11.1. The average molecular weight is 443 g/mol. The van der Waals surface area contributed by atoms with Crippen molar-refractivity contribution < 1.29 is 21.6 Å². The Balaban J connectivity index is 1.94. The number of aryl methyl sites for hydroxylation is 1. The molecule has 1 fully saturated rings. The lowest BCUT2D eigenvalue weighted by Crippen LogP contribution is -2.41. The van der Waals surface area contributed by atoms with Crippen LogP contribution in [0, 0.1) is 13.8 Å². The smallest absolute Gasteiger partial charge is 0.246 e. The molecule has 0 radical (unpaired) electrons. The number of sulfonamides is 2. The monoisotopic (exact) mass is 442 g/mol. The Labute approximate surface area is 172 Å². The highest BCUT2D eigenvalue weighted by Crippen LogP contribution is 2.25. The maximum absolute atomic E-state index is 13.1. The van der Waals surface area contributed by atoms with Gasteiger partial charge in [0.05, 0.1) is 36.0 Å². The van der Waals surface area contributed by atoms with Crippen LogP contribution in [0.3, 0.4) is 0 Å². The summed E-state index contributed by atoms with van der Waals surface area (Å²) in [6.07, 6.45) is 0. The first-order valence-electron chi connectivity index (χ1n) is 9.18. The van der Waals surface area contributed by atoms with Crippen LogP contribution in [0.5, 0.6) is 0 Å². The van der Waals surface area contributed by atoms with Crippen molar-refractivity contribution in [1.82, 2.24) is 18.4 Å². The van der Waals surface area contributed by atoms with Crippen molar-refractivity contribution in [2.75, 3.05) is 40.4 Å². The second-order valence-electron chi connectivity index (χ2n) is 7.11. The zero-order valence-electron chi connectivity index (χ0n) is 17.0. The van der Waals surface area contributed by atoms with Crippen molar-refractivity contribution in [3.05, 3.63) is 41.2 Å². The molecule has 0 spiro atoms. The summed E-state index contributed by atoms with van der Waals surface area (Å²) in [5.41, 5.74) is 1.66. The topological polar surface area (TPSA) is 102 Å². The number of morpholine rings is 1. The number of rotatable bonds is 6. The minimum absolute atomic E-state index is 0.183. The van der Waals surface area contributed by atoms with Crippen molar-refractivity contribution in [3.63, 3.8) is 0 Å². The van der Waals surface area contributed by atoms with E-state index in [1.165, 1.54) is 24.5 Å². The number of hydrogen-bond acceptors (Lipinski definition) is 6. The van der Waals surface area contributed by atoms with Crippen LogP contribution in [0.25, 0.3) is 0 Å². The van der Waals surface area contributed by atoms with E-state index < -0.39 is 20.0 Å². The van der Waals surface area contributed by atoms with Crippen LogP contribution < -0.4 is 0 Å². The lowest BCUT2D eigenvalue weighted by Gasteiger charge is -2.26. The van der Waals surface area contributed by atoms with Gasteiger partial charge in [-0.05, 0) is 31.5 Å². The molecule has 2 aromatic rings. The molecule has 1 aliphatic heterocycles. The Kier molecular flexibility index (Phi) is 6.16. The third kappa shape index (κ3) is 4.24. The first kappa shape index (κ1) is 21.9. The number of ether oxygens (including phenoxy) is 1. The Hall–Kier alpha value is -1.79. The number of hydrogen-bond donors (Lipinski definition) is 0. The molecule has 3 rings (SSSR count). The van der Waals surface area contributed by atoms with E-state index in [-0.39, 0.29) is 16.3 Å². The summed E-state index contributed by atoms with van der Waals surface area (Å²) in [6.45, 7) is 5.03. The summed E-state index contributed by atoms with van der Waals surface area (Å²) in [4.78, 5) is 0.388. The molecule has 1 aromatic carbocycles. The molecule has 0 saturated carbocycles. The second kappa shape index (κ2) is 8.15. The Morgan fingerprint density at radius 2 is 1.76 bits per heavy atom. The van der Waals surface area contributed by atoms with Gasteiger partial charge in [0.15, 0.2) is 0 Å². The van der Waals surface area contributed by atoms with Gasteiger partial charge in [0.2, 0.25) is 20.0 Å². The van der Waals surface area contributed by atoms with Crippen molar-refractivity contribution >= 4 is 20.0 Å². The highest BCUT2D eigenvalue weighted by molar-refractivity contribution is 7.89. The third-order valence-corrected chi connectivity index (χ3v) is 8.86. The zero-order valence-corrected chi connectivity index (χ0v) is 18.6. The Morgan fingerprint density at radius 1 is 1.10 bits per heavy atom. The van der Waals surface area contributed by atoms with E-state index in [1.807, 2.05) is 0 Å². The average Bonchev–Trinajstić information content (AvgIpc) is 2.96. The summed E-state index contributed by atoms with van der Waals surface area (Å²) in [5, 5.41) is 4.41. The quantitative estimate of drug-likeness (QED) is 0.656. The molecule has 160 valence electrons. The van der Waals surface area contributed by atoms with E-state index in [2.05, 4.69) is 5.10 Å². The number of aromatic nitrogens is 2. The van der Waals surface area contributed by atoms with Crippen LogP contribution in [0.15, 0.2) is 34.1 Å². The first-order valence-corrected chi connectivity index (χ1v) is 12.1. The minimum Gasteiger partial charge on any atom is -0.379 e. The standard InChI is InChI=1S/C18H26N4O5S2/c1-14-18(29(25,26)21-8-10-27-11-9-21)15(2)22(19-14)13-16-6-5-7-17(12-16)28(23,24)20(3)4/h5-7,12H,8-11,13H2,1-4H3. The third-order valence-electron chi connectivity index (χ3n) is 4.89. The van der Waals surface area contributed by atoms with Gasteiger partial charge >= 0.3 is 0 Å². The molecule has 1 aliphatic rings. The fourth-order valence-corrected chi connectivity index (χ4v) is 6.07. The molecule has 0 N–H and O–H groups in total. The van der Waals surface area contributed by atoms with Gasteiger partial charge < -0.3 is 4.74 Å². The summed E-state index contributed by atoms with van der Waals surface area (Å²) in [5.74, 6) is 0. The highest BCUT2D eigenvalue weighted by Gasteiger charge is 2.32. The van der Waals surface area contributed by atoms with Crippen LogP contribution in [0.4, 0.5) is 0 Å². The zero-order chi connectivity index (χ0) is 21.4. The van der Waals surface area contributed by atoms with Crippen molar-refractivity contribution in [3.8, 4) is 0 Å². The molecule has 9 nitrogen and oxygen atoms in total. The Morgan fingerprint density at radius 3 is 2.38 bits per heavy atom. The molecule has 1 saturated heterocycles. The van der Waals surface area contributed by atoms with Crippen LogP contribution in [0.1, 0.15) is 17.0 Å². The van der Waals surface area contributed by atoms with Crippen LogP contribution in [0.2, 0.25) is 0 Å². The van der Waals surface area contributed by atoms with Gasteiger partial charge in [-0.25, -0.2) is 21.1 Å². The largest absolute Gasteiger partial charge is 0.379 e. The van der Waals surface area contributed by atoms with Crippen LogP contribution in [-0.4, -0.2) is 75.6 Å². The van der Waals surface area contributed by atoms with E-state index >= 15 is 0 Å². The van der Waals surface area contributed by atoms with Gasteiger partial charge in [-0.1, -0.05) is 12.1 Å². The van der Waals surface area contributed by atoms with E-state index in [4.69, 9.17) is 4.74 Å². The predicted octanol–water partition coefficient (Wildman–Crippen LogP) is 0.819. The van der Waals surface area contributed by atoms with E-state index in [1.54, 1.807) is 36.7 Å². The van der Waals surface area contributed by atoms with Gasteiger partial charge in [0.1, 0.15) is 4.90 Å². The maximum atomic E-state index is 13.1. The van der Waals surface area contributed by atoms with E-state index in [0.29, 0.717) is 43.3 Å². The van der Waals surface area contributed by atoms with Gasteiger partial charge in [-0.2, -0.15) is 9.40 Å². The van der Waals surface area contributed by atoms with E-state index in [9.17, 15) is 16.8 Å². The van der Waals surface area contributed by atoms with Gasteiger partial charge in [-0.3, -0.25) is 4.68 Å². The molecule has 0 amide bonds. The lowest BCUT2D eigenvalue weighted by atomic mass is 10.2. The molecule has 2 heterocycles.